The van der Waals surface area contributed by atoms with E-state index in [0.29, 0.717) is 0 Å². The second-order valence-corrected chi connectivity index (χ2v) is 9.29. The fraction of sp³-hybridized carbons (Fsp3) is 0.714. The van der Waals surface area contributed by atoms with Crippen LogP contribution in [0.1, 0.15) is 0 Å². The number of rotatable bonds is 15. The molecule has 32 heteroatoms. The van der Waals surface area contributed by atoms with Gasteiger partial charge in [0.2, 0.25) is 0 Å². The molecule has 0 saturated heterocycles. The molecule has 0 amide bonds. The minimum Gasteiger partial charge on any atom is -0.398 e. The lowest BCUT2D eigenvalue weighted by Gasteiger charge is -2.38. The van der Waals surface area contributed by atoms with Gasteiger partial charge < -0.3 is 9.47 Å². The van der Waals surface area contributed by atoms with Crippen molar-refractivity contribution >= 4 is 21.6 Å². The van der Waals surface area contributed by atoms with E-state index < -0.39 is 105 Å². The van der Waals surface area contributed by atoms with E-state index in [0.717, 1.165) is 0 Å². The summed E-state index contributed by atoms with van der Waals surface area (Å²) in [6.07, 6.45) is -55.0. The molecule has 0 aromatic heterocycles. The normalized spacial score (nSPS) is 17.2. The summed E-state index contributed by atoms with van der Waals surface area (Å²) in [7, 11) is -6.32. The number of alkyl halides is 20. The number of halogens is 26. The Morgan fingerprint density at radius 3 is 0.739 bits per heavy atom. The molecule has 4 nitrogen and oxygen atoms in total. The third-order valence-electron chi connectivity index (χ3n) is 3.68. The Morgan fingerprint density at radius 2 is 0.565 bits per heavy atom. The standard InChI is InChI=1S/C14F26O4S2/c15-1(16)3(19)41-9(29,30)5(21,7(23,24)25)43-11(33,34)13(37,38)45-46-14(39,40)12(35,36)44-6(22,8(26,27)28)10(31,32)42-4(20)2(17)18. The van der Waals surface area contributed by atoms with Crippen LogP contribution in [-0.4, -0.2) is 59.0 Å². The lowest BCUT2D eigenvalue weighted by Crippen LogP contribution is -2.63. The van der Waals surface area contributed by atoms with Crippen LogP contribution in [0.5, 0.6) is 0 Å². The Balaban J connectivity index is 6.53. The second kappa shape index (κ2) is 13.1. The van der Waals surface area contributed by atoms with E-state index in [9.17, 15) is 114 Å². The lowest BCUT2D eigenvalue weighted by molar-refractivity contribution is -0.510. The number of hydrogen-bond donors (Lipinski definition) is 0. The molecule has 0 radical (unpaired) electrons. The van der Waals surface area contributed by atoms with Gasteiger partial charge in [-0.25, -0.2) is 0 Å². The molecule has 0 aliphatic heterocycles. The Kier molecular flexibility index (Phi) is 12.5. The van der Waals surface area contributed by atoms with Gasteiger partial charge in [0.25, 0.3) is 0 Å². The Bertz CT molecular complexity index is 1050. The van der Waals surface area contributed by atoms with Gasteiger partial charge in [0.05, 0.1) is 0 Å². The average Bonchev–Trinajstić information content (AvgIpc) is 2.79. The highest BCUT2D eigenvalue weighted by Crippen LogP contribution is 2.62. The number of hydrogen-bond acceptors (Lipinski definition) is 6. The fourth-order valence-electron chi connectivity index (χ4n) is 1.67. The maximum atomic E-state index is 13.9. The van der Waals surface area contributed by atoms with E-state index in [4.69, 9.17) is 0 Å². The first kappa shape index (κ1) is 43.9. The van der Waals surface area contributed by atoms with E-state index in [2.05, 4.69) is 0 Å². The molecular weight excluding hydrogens is 790 g/mol. The van der Waals surface area contributed by atoms with Crippen LogP contribution in [0.2, 0.25) is 0 Å². The molecule has 2 unspecified atom stereocenters. The van der Waals surface area contributed by atoms with Crippen LogP contribution in [0.15, 0.2) is 24.2 Å². The summed E-state index contributed by atoms with van der Waals surface area (Å²) < 4.78 is 345. The van der Waals surface area contributed by atoms with Gasteiger partial charge in [-0.15, -0.1) is 0 Å². The maximum Gasteiger partial charge on any atom is 0.471 e. The van der Waals surface area contributed by atoms with Crippen molar-refractivity contribution in [3.8, 4) is 0 Å². The summed E-state index contributed by atoms with van der Waals surface area (Å²) in [4.78, 5) is 0. The molecule has 0 aliphatic carbocycles. The summed E-state index contributed by atoms with van der Waals surface area (Å²) in [6, 6.07) is -8.43. The van der Waals surface area contributed by atoms with Gasteiger partial charge in [-0.2, -0.15) is 114 Å². The van der Waals surface area contributed by atoms with Gasteiger partial charge in [-0.1, -0.05) is 0 Å². The quantitative estimate of drug-likeness (QED) is 0.0935. The fourth-order valence-corrected chi connectivity index (χ4v) is 3.37. The molecule has 0 fully saturated rings. The molecule has 46 heavy (non-hydrogen) atoms. The molecule has 274 valence electrons. The Morgan fingerprint density at radius 1 is 0.348 bits per heavy atom. The first-order valence-corrected chi connectivity index (χ1v) is 11.3. The Labute approximate surface area is 239 Å². The zero-order valence-electron chi connectivity index (χ0n) is 19.3. The van der Waals surface area contributed by atoms with Crippen molar-refractivity contribution in [2.45, 2.75) is 59.0 Å². The van der Waals surface area contributed by atoms with E-state index in [1.807, 2.05) is 0 Å². The van der Waals surface area contributed by atoms with E-state index in [-0.39, 0.29) is 0 Å². The van der Waals surface area contributed by atoms with Crippen molar-refractivity contribution in [3.05, 3.63) is 24.2 Å². The Hall–Kier alpha value is -2.12. The van der Waals surface area contributed by atoms with Crippen LogP contribution in [0, 0.1) is 0 Å². The van der Waals surface area contributed by atoms with Gasteiger partial charge in [-0.05, 0) is 21.6 Å². The molecule has 0 rings (SSSR count). The third-order valence-corrected chi connectivity index (χ3v) is 6.16. The maximum absolute atomic E-state index is 13.9. The highest BCUT2D eigenvalue weighted by Gasteiger charge is 2.83. The monoisotopic (exact) mass is 790 g/mol. The van der Waals surface area contributed by atoms with Crippen molar-refractivity contribution in [3.63, 3.8) is 0 Å². The summed E-state index contributed by atoms with van der Waals surface area (Å²) in [5.74, 6) is -15.8. The molecule has 0 N–H and O–H groups in total. The van der Waals surface area contributed by atoms with E-state index in [1.54, 1.807) is 9.47 Å². The molecule has 0 bridgehead atoms. The minimum absolute atomic E-state index is 1.47. The molecule has 0 heterocycles. The summed E-state index contributed by atoms with van der Waals surface area (Å²) in [5.41, 5.74) is 0. The van der Waals surface area contributed by atoms with E-state index in [1.165, 1.54) is 9.47 Å². The smallest absolute Gasteiger partial charge is 0.398 e. The van der Waals surface area contributed by atoms with Crippen molar-refractivity contribution < 1.29 is 133 Å². The third kappa shape index (κ3) is 8.86. The summed E-state index contributed by atoms with van der Waals surface area (Å²) in [5, 5.41) is -14.7. The van der Waals surface area contributed by atoms with Gasteiger partial charge in [-0.3, -0.25) is 9.47 Å². The molecule has 0 saturated carbocycles. The summed E-state index contributed by atoms with van der Waals surface area (Å²) >= 11 is 0. The predicted molar refractivity (Wildman–Crippen MR) is 89.7 cm³/mol. The van der Waals surface area contributed by atoms with Crippen LogP contribution >= 0.6 is 21.6 Å². The van der Waals surface area contributed by atoms with Crippen LogP contribution in [0.3, 0.4) is 0 Å². The predicted octanol–water partition coefficient (Wildman–Crippen LogP) is 10.5. The molecule has 0 aromatic carbocycles. The van der Waals surface area contributed by atoms with Crippen molar-refractivity contribution in [1.29, 1.82) is 0 Å². The average molecular weight is 790 g/mol. The molecule has 0 aromatic rings. The van der Waals surface area contributed by atoms with Gasteiger partial charge in [0.15, 0.2) is 0 Å². The summed E-state index contributed by atoms with van der Waals surface area (Å²) in [6.45, 7) is 0. The van der Waals surface area contributed by atoms with Gasteiger partial charge in [0.1, 0.15) is 0 Å². The highest BCUT2D eigenvalue weighted by atomic mass is 33.1. The van der Waals surface area contributed by atoms with Crippen LogP contribution < -0.4 is 0 Å². The van der Waals surface area contributed by atoms with Crippen LogP contribution in [-0.2, 0) is 18.9 Å². The topological polar surface area (TPSA) is 36.9 Å². The molecule has 2 atom stereocenters. The SMILES string of the molecule is FC(F)=C(F)OC(F)(F)C(F)(OC(F)(F)C(F)(F)SSC(F)(F)C(F)(F)OC(F)(C(F)(F)F)C(F)(F)OC(F)=C(F)F)C(F)(F)F. The highest BCUT2D eigenvalue weighted by molar-refractivity contribution is 8.77. The van der Waals surface area contributed by atoms with E-state index >= 15 is 0 Å². The van der Waals surface area contributed by atoms with Crippen LogP contribution in [0.25, 0.3) is 0 Å². The minimum atomic E-state index is -7.92. The van der Waals surface area contributed by atoms with Crippen LogP contribution in [0.4, 0.5) is 114 Å². The number of ether oxygens (including phenoxy) is 4. The molecule has 0 aliphatic rings. The first-order valence-electron chi connectivity index (χ1n) is 9.12. The molecular formula is C14F26O4S2. The largest absolute Gasteiger partial charge is 0.471 e. The van der Waals surface area contributed by atoms with Crippen molar-refractivity contribution in [2.24, 2.45) is 0 Å². The van der Waals surface area contributed by atoms with Gasteiger partial charge in [0, 0.05) is 0 Å². The van der Waals surface area contributed by atoms with Gasteiger partial charge >= 0.3 is 83.2 Å². The lowest BCUT2D eigenvalue weighted by atomic mass is 10.2. The first-order chi connectivity index (χ1) is 19.8. The second-order valence-electron chi connectivity index (χ2n) is 6.93. The zero-order chi connectivity index (χ0) is 37.6. The van der Waals surface area contributed by atoms with Crippen molar-refractivity contribution in [2.75, 3.05) is 0 Å². The van der Waals surface area contributed by atoms with Crippen molar-refractivity contribution in [1.82, 2.24) is 0 Å². The molecule has 0 spiro atoms. The zero-order valence-corrected chi connectivity index (χ0v) is 20.9.